The Morgan fingerprint density at radius 1 is 0.925 bits per heavy atom. The lowest BCUT2D eigenvalue weighted by Gasteiger charge is -2.35. The van der Waals surface area contributed by atoms with Gasteiger partial charge in [0.25, 0.3) is 5.91 Å². The van der Waals surface area contributed by atoms with Gasteiger partial charge in [0.1, 0.15) is 12.4 Å². The van der Waals surface area contributed by atoms with Gasteiger partial charge in [-0.25, -0.2) is 9.78 Å². The number of fused-ring (bicyclic) bond motifs is 1. The molecule has 3 amide bonds. The van der Waals surface area contributed by atoms with Crippen molar-refractivity contribution in [3.8, 4) is 0 Å². The Bertz CT molecular complexity index is 1500. The first-order chi connectivity index (χ1) is 19.2. The van der Waals surface area contributed by atoms with E-state index in [9.17, 15) is 14.4 Å². The predicted octanol–water partition coefficient (Wildman–Crippen LogP) is 3.74. The van der Waals surface area contributed by atoms with Crippen molar-refractivity contribution in [3.63, 3.8) is 0 Å². The van der Waals surface area contributed by atoms with Gasteiger partial charge in [0.2, 0.25) is 0 Å². The Labute approximate surface area is 232 Å². The average Bonchev–Trinajstić information content (AvgIpc) is 2.96. The van der Waals surface area contributed by atoms with E-state index in [0.717, 1.165) is 18.5 Å². The maximum absolute atomic E-state index is 12.8. The maximum Gasteiger partial charge on any atom is 0.323 e. The number of aryl methyl sites for hydroxylation is 1. The fraction of sp³-hybridized carbons (Fsp3) is 0.200. The molecule has 5 rings (SSSR count). The van der Waals surface area contributed by atoms with E-state index in [0.29, 0.717) is 35.5 Å². The first-order valence-electron chi connectivity index (χ1n) is 12.8. The molecule has 10 heteroatoms. The molecule has 0 atom stereocenters. The molecule has 1 saturated heterocycles. The van der Waals surface area contributed by atoms with Crippen LogP contribution < -0.4 is 21.3 Å². The number of carboxylic acids is 1. The summed E-state index contributed by atoms with van der Waals surface area (Å²) in [7, 11) is 0. The Morgan fingerprint density at radius 2 is 1.65 bits per heavy atom. The maximum atomic E-state index is 12.8. The summed E-state index contributed by atoms with van der Waals surface area (Å²) in [5.74, 6) is -1.17. The lowest BCUT2D eigenvalue weighted by molar-refractivity contribution is -0.135. The minimum atomic E-state index is -1.09. The number of nitrogen functional groups attached to an aromatic ring is 1. The first-order valence-corrected chi connectivity index (χ1v) is 12.8. The number of nitrogens with two attached hydrogens (primary N) is 2. The van der Waals surface area contributed by atoms with Crippen LogP contribution in [0.1, 0.15) is 15.9 Å². The van der Waals surface area contributed by atoms with Crippen molar-refractivity contribution in [2.24, 2.45) is 5.73 Å². The van der Waals surface area contributed by atoms with E-state index in [2.05, 4.69) is 41.1 Å². The number of nitrogens with zero attached hydrogens (tertiary/aromatic N) is 4. The van der Waals surface area contributed by atoms with Crippen LogP contribution in [-0.4, -0.2) is 65.6 Å². The zero-order chi connectivity index (χ0) is 28.6. The SMILES string of the molecule is Cc1cccc(N2CCN(C(N)=O)CC2)c1.Nc1nccc2ccc(C(=O)N(CC(=O)O)c3ccccc3)cc12. The third-order valence-electron chi connectivity index (χ3n) is 6.61. The highest BCUT2D eigenvalue weighted by Crippen LogP contribution is 2.23. The van der Waals surface area contributed by atoms with Gasteiger partial charge in [0.15, 0.2) is 0 Å². The summed E-state index contributed by atoms with van der Waals surface area (Å²) in [5.41, 5.74) is 14.5. The number of carboxylic acid groups (broad SMARTS) is 1. The Morgan fingerprint density at radius 3 is 2.30 bits per heavy atom. The van der Waals surface area contributed by atoms with Crippen LogP contribution in [0.25, 0.3) is 10.8 Å². The van der Waals surface area contributed by atoms with Crippen LogP contribution in [0.3, 0.4) is 0 Å². The fourth-order valence-corrected chi connectivity index (χ4v) is 4.51. The number of rotatable bonds is 5. The quantitative estimate of drug-likeness (QED) is 0.349. The second-order valence-electron chi connectivity index (χ2n) is 9.40. The smallest absolute Gasteiger partial charge is 0.323 e. The highest BCUT2D eigenvalue weighted by Gasteiger charge is 2.21. The monoisotopic (exact) mass is 540 g/mol. The number of benzene rings is 3. The van der Waals surface area contributed by atoms with Crippen molar-refractivity contribution in [2.45, 2.75) is 6.92 Å². The number of urea groups is 1. The molecule has 40 heavy (non-hydrogen) atoms. The minimum absolute atomic E-state index is 0.316. The van der Waals surface area contributed by atoms with Gasteiger partial charge in [0.05, 0.1) is 0 Å². The van der Waals surface area contributed by atoms with Crippen LogP contribution in [0, 0.1) is 6.92 Å². The molecule has 0 radical (unpaired) electrons. The molecule has 1 fully saturated rings. The van der Waals surface area contributed by atoms with Crippen LogP contribution in [0.5, 0.6) is 0 Å². The number of anilines is 3. The summed E-state index contributed by atoms with van der Waals surface area (Å²) in [4.78, 5) is 44.2. The summed E-state index contributed by atoms with van der Waals surface area (Å²) in [5, 5.41) is 10.7. The van der Waals surface area contributed by atoms with E-state index in [1.54, 1.807) is 65.7 Å². The molecule has 0 saturated carbocycles. The zero-order valence-corrected chi connectivity index (χ0v) is 22.2. The second-order valence-corrected chi connectivity index (χ2v) is 9.40. The van der Waals surface area contributed by atoms with Crippen LogP contribution in [0.4, 0.5) is 22.0 Å². The number of amides is 3. The number of pyridine rings is 1. The van der Waals surface area contributed by atoms with Gasteiger partial charge in [0, 0.05) is 54.7 Å². The van der Waals surface area contributed by atoms with E-state index in [1.165, 1.54) is 16.2 Å². The van der Waals surface area contributed by atoms with Crippen molar-refractivity contribution in [1.82, 2.24) is 9.88 Å². The molecule has 2 heterocycles. The van der Waals surface area contributed by atoms with E-state index >= 15 is 0 Å². The Kier molecular flexibility index (Phi) is 8.80. The predicted molar refractivity (Wildman–Crippen MR) is 156 cm³/mol. The summed E-state index contributed by atoms with van der Waals surface area (Å²) in [6.45, 7) is 4.79. The molecule has 10 nitrogen and oxygen atoms in total. The summed E-state index contributed by atoms with van der Waals surface area (Å²) >= 11 is 0. The zero-order valence-electron chi connectivity index (χ0n) is 22.2. The topological polar surface area (TPSA) is 146 Å². The van der Waals surface area contributed by atoms with E-state index in [-0.39, 0.29) is 6.03 Å². The number of piperazine rings is 1. The summed E-state index contributed by atoms with van der Waals surface area (Å²) in [6.07, 6.45) is 1.60. The number of aliphatic carboxylic acids is 1. The molecule has 1 aliphatic rings. The molecular formula is C30H32N6O4. The Balaban J connectivity index is 0.000000201. The molecule has 0 aliphatic carbocycles. The van der Waals surface area contributed by atoms with E-state index in [4.69, 9.17) is 16.6 Å². The van der Waals surface area contributed by atoms with Crippen LogP contribution in [0.2, 0.25) is 0 Å². The molecule has 206 valence electrons. The standard InChI is InChI=1S/C18H15N3O3.C12H17N3O/c19-17-15-10-13(7-6-12(15)8-9-20-17)18(24)21(11-16(22)23)14-4-2-1-3-5-14;1-10-3-2-4-11(9-10)14-5-7-15(8-6-14)12(13)16/h1-10H,11H2,(H2,19,20)(H,22,23);2-4,9H,5-8H2,1H3,(H2,13,16). The van der Waals surface area contributed by atoms with Crippen LogP contribution in [-0.2, 0) is 4.79 Å². The van der Waals surface area contributed by atoms with Crippen molar-refractivity contribution in [1.29, 1.82) is 0 Å². The molecule has 0 bridgehead atoms. The number of carbonyl (C=O) groups is 3. The highest BCUT2D eigenvalue weighted by atomic mass is 16.4. The Hall–Kier alpha value is -5.12. The number of hydrogen-bond donors (Lipinski definition) is 3. The van der Waals surface area contributed by atoms with Gasteiger partial charge in [-0.1, -0.05) is 36.4 Å². The van der Waals surface area contributed by atoms with Gasteiger partial charge in [-0.05, 0) is 60.3 Å². The normalized spacial score (nSPS) is 12.8. The van der Waals surface area contributed by atoms with Gasteiger partial charge >= 0.3 is 12.0 Å². The molecule has 5 N–H and O–H groups in total. The molecule has 0 spiro atoms. The molecule has 4 aromatic rings. The lowest BCUT2D eigenvalue weighted by atomic mass is 10.1. The molecule has 1 aliphatic heterocycles. The van der Waals surface area contributed by atoms with Gasteiger partial charge in [-0.2, -0.15) is 0 Å². The summed E-state index contributed by atoms with van der Waals surface area (Å²) in [6, 6.07) is 23.6. The third-order valence-corrected chi connectivity index (χ3v) is 6.61. The largest absolute Gasteiger partial charge is 0.480 e. The fourth-order valence-electron chi connectivity index (χ4n) is 4.51. The van der Waals surface area contributed by atoms with Gasteiger partial charge < -0.3 is 26.4 Å². The molecule has 3 aromatic carbocycles. The van der Waals surface area contributed by atoms with Gasteiger partial charge in [-0.15, -0.1) is 0 Å². The molecular weight excluding hydrogens is 508 g/mol. The van der Waals surface area contributed by atoms with Gasteiger partial charge in [-0.3, -0.25) is 14.5 Å². The number of para-hydroxylation sites is 1. The van der Waals surface area contributed by atoms with Crippen LogP contribution >= 0.6 is 0 Å². The van der Waals surface area contributed by atoms with Crippen molar-refractivity contribution >= 4 is 45.9 Å². The highest BCUT2D eigenvalue weighted by molar-refractivity contribution is 6.10. The molecule has 1 aromatic heterocycles. The summed E-state index contributed by atoms with van der Waals surface area (Å²) < 4.78 is 0. The van der Waals surface area contributed by atoms with Crippen molar-refractivity contribution in [2.75, 3.05) is 48.3 Å². The number of carbonyl (C=O) groups excluding carboxylic acids is 2. The molecule has 0 unspecified atom stereocenters. The van der Waals surface area contributed by atoms with E-state index < -0.39 is 18.4 Å². The average molecular weight is 541 g/mol. The number of primary amides is 1. The van der Waals surface area contributed by atoms with Crippen LogP contribution in [0.15, 0.2) is 85.1 Å². The third kappa shape index (κ3) is 6.84. The second kappa shape index (κ2) is 12.6. The van der Waals surface area contributed by atoms with Crippen molar-refractivity contribution < 1.29 is 19.5 Å². The number of hydrogen-bond acceptors (Lipinski definition) is 6. The van der Waals surface area contributed by atoms with E-state index in [1.807, 2.05) is 0 Å². The number of aromatic nitrogens is 1. The van der Waals surface area contributed by atoms with Crippen molar-refractivity contribution in [3.05, 3.63) is 96.2 Å². The minimum Gasteiger partial charge on any atom is -0.480 e. The lowest BCUT2D eigenvalue weighted by Crippen LogP contribution is -2.50. The first kappa shape index (κ1) is 27.9.